The zero-order valence-corrected chi connectivity index (χ0v) is 12.5. The third-order valence-electron chi connectivity index (χ3n) is 3.86. The fraction of sp³-hybridized carbons (Fsp3) is 0.429. The molecule has 0 radical (unpaired) electrons. The van der Waals surface area contributed by atoms with E-state index in [0.29, 0.717) is 12.0 Å². The molecule has 0 unspecified atom stereocenters. The van der Waals surface area contributed by atoms with Gasteiger partial charge < -0.3 is 9.47 Å². The van der Waals surface area contributed by atoms with E-state index in [4.69, 9.17) is 0 Å². The van der Waals surface area contributed by atoms with Gasteiger partial charge in [0.1, 0.15) is 5.82 Å². The van der Waals surface area contributed by atoms with Crippen LogP contribution < -0.4 is 4.90 Å². The number of hydrogen-bond donors (Lipinski definition) is 0. The number of halogens is 1. The zero-order valence-electron chi connectivity index (χ0n) is 10.9. The monoisotopic (exact) mass is 320 g/mol. The SMILES string of the molecule is C[C@H]1CCN(c2ccc(Br)cn2)C[C@@H]1n1ccnc1. The van der Waals surface area contributed by atoms with Crippen LogP contribution in [0.25, 0.3) is 0 Å². The second-order valence-electron chi connectivity index (χ2n) is 5.12. The fourth-order valence-electron chi connectivity index (χ4n) is 2.67. The summed E-state index contributed by atoms with van der Waals surface area (Å²) < 4.78 is 3.24. The maximum Gasteiger partial charge on any atom is 0.128 e. The number of imidazole rings is 1. The predicted molar refractivity (Wildman–Crippen MR) is 79.2 cm³/mol. The highest BCUT2D eigenvalue weighted by Gasteiger charge is 2.27. The molecule has 1 aliphatic heterocycles. The molecule has 0 aromatic carbocycles. The van der Waals surface area contributed by atoms with Crippen molar-refractivity contribution >= 4 is 21.7 Å². The van der Waals surface area contributed by atoms with Gasteiger partial charge in [0, 0.05) is 36.2 Å². The van der Waals surface area contributed by atoms with Crippen LogP contribution in [0.1, 0.15) is 19.4 Å². The van der Waals surface area contributed by atoms with Gasteiger partial charge in [-0.05, 0) is 40.4 Å². The number of pyridine rings is 1. The largest absolute Gasteiger partial charge is 0.355 e. The van der Waals surface area contributed by atoms with Gasteiger partial charge in [-0.2, -0.15) is 0 Å². The van der Waals surface area contributed by atoms with Gasteiger partial charge in [0.2, 0.25) is 0 Å². The van der Waals surface area contributed by atoms with Gasteiger partial charge in [-0.25, -0.2) is 9.97 Å². The first kappa shape index (κ1) is 12.7. The lowest BCUT2D eigenvalue weighted by Gasteiger charge is -2.38. The summed E-state index contributed by atoms with van der Waals surface area (Å²) >= 11 is 3.43. The lowest BCUT2D eigenvalue weighted by molar-refractivity contribution is 0.298. The van der Waals surface area contributed by atoms with E-state index in [2.05, 4.69) is 54.6 Å². The van der Waals surface area contributed by atoms with Crippen LogP contribution in [0.3, 0.4) is 0 Å². The lowest BCUT2D eigenvalue weighted by Crippen LogP contribution is -2.40. The van der Waals surface area contributed by atoms with E-state index in [9.17, 15) is 0 Å². The second-order valence-corrected chi connectivity index (χ2v) is 6.04. The van der Waals surface area contributed by atoms with E-state index in [-0.39, 0.29) is 0 Å². The summed E-state index contributed by atoms with van der Waals surface area (Å²) in [6, 6.07) is 4.60. The van der Waals surface area contributed by atoms with Crippen LogP contribution in [0, 0.1) is 5.92 Å². The molecule has 2 aromatic rings. The summed E-state index contributed by atoms with van der Waals surface area (Å²) in [5, 5.41) is 0. The first-order valence-electron chi connectivity index (χ1n) is 6.58. The van der Waals surface area contributed by atoms with Crippen LogP contribution in [0.5, 0.6) is 0 Å². The van der Waals surface area contributed by atoms with Crippen molar-refractivity contribution in [2.45, 2.75) is 19.4 Å². The van der Waals surface area contributed by atoms with Crippen LogP contribution in [-0.4, -0.2) is 27.6 Å². The molecule has 0 aliphatic carbocycles. The molecule has 0 saturated carbocycles. The van der Waals surface area contributed by atoms with Crippen molar-refractivity contribution in [2.75, 3.05) is 18.0 Å². The average molecular weight is 321 g/mol. The Hall–Kier alpha value is -1.36. The number of nitrogens with zero attached hydrogens (tertiary/aromatic N) is 4. The molecule has 0 N–H and O–H groups in total. The summed E-state index contributed by atoms with van der Waals surface area (Å²) in [6.45, 7) is 4.38. The van der Waals surface area contributed by atoms with Gasteiger partial charge in [-0.1, -0.05) is 6.92 Å². The maximum atomic E-state index is 4.50. The molecule has 1 saturated heterocycles. The highest BCUT2D eigenvalue weighted by atomic mass is 79.9. The highest BCUT2D eigenvalue weighted by Crippen LogP contribution is 2.29. The summed E-state index contributed by atoms with van der Waals surface area (Å²) in [4.78, 5) is 11.0. The van der Waals surface area contributed by atoms with E-state index in [1.165, 1.54) is 6.42 Å². The second kappa shape index (κ2) is 5.33. The predicted octanol–water partition coefficient (Wildman–Crippen LogP) is 3.13. The Balaban J connectivity index is 1.80. The molecule has 4 nitrogen and oxygen atoms in total. The smallest absolute Gasteiger partial charge is 0.128 e. The molecule has 2 atom stereocenters. The van der Waals surface area contributed by atoms with Crippen molar-refractivity contribution in [2.24, 2.45) is 5.92 Å². The molecule has 3 rings (SSSR count). The Morgan fingerprint density at radius 2 is 2.26 bits per heavy atom. The number of hydrogen-bond acceptors (Lipinski definition) is 3. The van der Waals surface area contributed by atoms with Gasteiger partial charge in [0.15, 0.2) is 0 Å². The molecule has 19 heavy (non-hydrogen) atoms. The van der Waals surface area contributed by atoms with Crippen LogP contribution in [-0.2, 0) is 0 Å². The molecule has 0 spiro atoms. The van der Waals surface area contributed by atoms with Crippen LogP contribution in [0.2, 0.25) is 0 Å². The van der Waals surface area contributed by atoms with Crippen molar-refractivity contribution in [3.05, 3.63) is 41.5 Å². The maximum absolute atomic E-state index is 4.50. The average Bonchev–Trinajstić information content (AvgIpc) is 2.94. The third-order valence-corrected chi connectivity index (χ3v) is 4.33. The van der Waals surface area contributed by atoms with Crippen molar-refractivity contribution in [3.63, 3.8) is 0 Å². The van der Waals surface area contributed by atoms with Gasteiger partial charge in [0.05, 0.1) is 12.4 Å². The van der Waals surface area contributed by atoms with Crippen LogP contribution >= 0.6 is 15.9 Å². The molecular weight excluding hydrogens is 304 g/mol. The third kappa shape index (κ3) is 2.66. The van der Waals surface area contributed by atoms with E-state index in [0.717, 1.165) is 23.4 Å². The molecule has 5 heteroatoms. The summed E-state index contributed by atoms with van der Waals surface area (Å²) in [6.07, 6.45) is 8.86. The minimum Gasteiger partial charge on any atom is -0.355 e. The van der Waals surface area contributed by atoms with Gasteiger partial charge >= 0.3 is 0 Å². The molecule has 1 fully saturated rings. The van der Waals surface area contributed by atoms with E-state index in [1.807, 2.05) is 24.8 Å². The lowest BCUT2D eigenvalue weighted by atomic mass is 9.93. The topological polar surface area (TPSA) is 34.0 Å². The Morgan fingerprint density at radius 3 is 2.95 bits per heavy atom. The number of aromatic nitrogens is 3. The first-order valence-corrected chi connectivity index (χ1v) is 7.37. The molecule has 3 heterocycles. The van der Waals surface area contributed by atoms with Gasteiger partial charge in [-0.3, -0.25) is 0 Å². The van der Waals surface area contributed by atoms with E-state index < -0.39 is 0 Å². The van der Waals surface area contributed by atoms with Crippen molar-refractivity contribution in [1.82, 2.24) is 14.5 Å². The number of anilines is 1. The molecule has 1 aliphatic rings. The van der Waals surface area contributed by atoms with Crippen LogP contribution in [0.15, 0.2) is 41.5 Å². The minimum absolute atomic E-state index is 0.474. The molecule has 2 aromatic heterocycles. The molecule has 100 valence electrons. The number of piperidine rings is 1. The van der Waals surface area contributed by atoms with Crippen molar-refractivity contribution in [3.8, 4) is 0 Å². The van der Waals surface area contributed by atoms with Crippen molar-refractivity contribution in [1.29, 1.82) is 0 Å². The number of rotatable bonds is 2. The Morgan fingerprint density at radius 1 is 1.37 bits per heavy atom. The Labute approximate surface area is 121 Å². The summed E-state index contributed by atoms with van der Waals surface area (Å²) in [5.74, 6) is 1.72. The van der Waals surface area contributed by atoms with Gasteiger partial charge in [0.25, 0.3) is 0 Å². The molecular formula is C14H17BrN4. The fourth-order valence-corrected chi connectivity index (χ4v) is 2.90. The van der Waals surface area contributed by atoms with Crippen LogP contribution in [0.4, 0.5) is 5.82 Å². The van der Waals surface area contributed by atoms with Crippen molar-refractivity contribution < 1.29 is 0 Å². The molecule has 0 amide bonds. The standard InChI is InChI=1S/C14H17BrN4/c1-11-4-6-18(14-3-2-12(15)8-17-14)9-13(11)19-7-5-16-10-19/h2-3,5,7-8,10-11,13H,4,6,9H2,1H3/t11-,13-/m0/s1. The first-order chi connectivity index (χ1) is 9.24. The molecule has 0 bridgehead atoms. The summed E-state index contributed by atoms with van der Waals surface area (Å²) in [7, 11) is 0. The van der Waals surface area contributed by atoms with E-state index in [1.54, 1.807) is 0 Å². The normalized spacial score (nSPS) is 23.6. The van der Waals surface area contributed by atoms with Gasteiger partial charge in [-0.15, -0.1) is 0 Å². The Kier molecular flexibility index (Phi) is 3.55. The minimum atomic E-state index is 0.474. The summed E-state index contributed by atoms with van der Waals surface area (Å²) in [5.41, 5.74) is 0. The highest BCUT2D eigenvalue weighted by molar-refractivity contribution is 9.10. The zero-order chi connectivity index (χ0) is 13.2. The quantitative estimate of drug-likeness (QED) is 0.852. The van der Waals surface area contributed by atoms with E-state index >= 15 is 0 Å². The Bertz CT molecular complexity index is 523.